The molecule has 1 unspecified atom stereocenters. The molecular formula is C11H12ClFO3S. The summed E-state index contributed by atoms with van der Waals surface area (Å²) in [5, 5.41) is 0. The molecule has 0 amide bonds. The Kier molecular flexibility index (Phi) is 3.94. The Morgan fingerprint density at radius 1 is 1.41 bits per heavy atom. The summed E-state index contributed by atoms with van der Waals surface area (Å²) in [5.74, 6) is -1.71. The van der Waals surface area contributed by atoms with E-state index in [0.29, 0.717) is 0 Å². The maximum atomic E-state index is 13.4. The van der Waals surface area contributed by atoms with Gasteiger partial charge in [-0.05, 0) is 18.6 Å². The van der Waals surface area contributed by atoms with E-state index in [4.69, 9.17) is 11.6 Å². The third-order valence-corrected chi connectivity index (χ3v) is 5.43. The lowest BCUT2D eigenvalue weighted by molar-refractivity contribution is 0.0967. The first-order valence-electron chi connectivity index (χ1n) is 4.92. The summed E-state index contributed by atoms with van der Waals surface area (Å²) >= 11 is 5.85. The standard InChI is InChI=1S/C11H12ClFO3S/c1-3-11(12,17(2,15)16)10(14)8-6-4-5-7-9(8)13/h4-7H,3H2,1-2H3. The minimum absolute atomic E-state index is 0.124. The molecule has 0 aliphatic rings. The predicted octanol–water partition coefficient (Wildman–Crippen LogP) is 2.40. The van der Waals surface area contributed by atoms with Crippen LogP contribution in [0.4, 0.5) is 4.39 Å². The summed E-state index contributed by atoms with van der Waals surface area (Å²) in [6, 6.07) is 5.16. The van der Waals surface area contributed by atoms with Crippen molar-refractivity contribution in [1.82, 2.24) is 0 Å². The number of carbonyl (C=O) groups is 1. The minimum atomic E-state index is -3.83. The highest BCUT2D eigenvalue weighted by atomic mass is 35.5. The van der Waals surface area contributed by atoms with Gasteiger partial charge in [0.05, 0.1) is 5.56 Å². The zero-order valence-electron chi connectivity index (χ0n) is 9.41. The van der Waals surface area contributed by atoms with Crippen molar-refractivity contribution < 1.29 is 17.6 Å². The highest BCUT2D eigenvalue weighted by Gasteiger charge is 2.45. The van der Waals surface area contributed by atoms with E-state index in [1.165, 1.54) is 25.1 Å². The van der Waals surface area contributed by atoms with Crippen molar-refractivity contribution in [2.24, 2.45) is 0 Å². The first-order chi connectivity index (χ1) is 7.74. The third kappa shape index (κ3) is 2.50. The number of hydrogen-bond acceptors (Lipinski definition) is 3. The highest BCUT2D eigenvalue weighted by molar-refractivity contribution is 7.94. The second kappa shape index (κ2) is 4.74. The predicted molar refractivity (Wildman–Crippen MR) is 64.4 cm³/mol. The Balaban J connectivity index is 3.35. The van der Waals surface area contributed by atoms with Crippen molar-refractivity contribution in [3.8, 4) is 0 Å². The number of rotatable bonds is 4. The van der Waals surface area contributed by atoms with Gasteiger partial charge in [-0.2, -0.15) is 0 Å². The average Bonchev–Trinajstić information content (AvgIpc) is 2.26. The van der Waals surface area contributed by atoms with Gasteiger partial charge in [0.1, 0.15) is 5.82 Å². The topological polar surface area (TPSA) is 51.2 Å². The summed E-state index contributed by atoms with van der Waals surface area (Å²) in [4.78, 5) is 12.0. The van der Waals surface area contributed by atoms with Crippen LogP contribution in [0.15, 0.2) is 24.3 Å². The molecule has 6 heteroatoms. The van der Waals surface area contributed by atoms with Crippen LogP contribution in [-0.2, 0) is 9.84 Å². The average molecular weight is 279 g/mol. The van der Waals surface area contributed by atoms with Crippen molar-refractivity contribution in [1.29, 1.82) is 0 Å². The van der Waals surface area contributed by atoms with E-state index < -0.39 is 25.6 Å². The lowest BCUT2D eigenvalue weighted by Crippen LogP contribution is -2.40. The molecule has 94 valence electrons. The van der Waals surface area contributed by atoms with Crippen molar-refractivity contribution in [2.75, 3.05) is 6.26 Å². The Hall–Kier alpha value is -0.940. The van der Waals surface area contributed by atoms with E-state index in [0.717, 1.165) is 12.3 Å². The second-order valence-electron chi connectivity index (χ2n) is 3.66. The fourth-order valence-electron chi connectivity index (χ4n) is 1.44. The van der Waals surface area contributed by atoms with Crippen LogP contribution >= 0.6 is 11.6 Å². The molecule has 0 N–H and O–H groups in total. The Morgan fingerprint density at radius 3 is 2.35 bits per heavy atom. The molecule has 0 heterocycles. The molecule has 0 aromatic heterocycles. The number of sulfone groups is 1. The maximum absolute atomic E-state index is 13.4. The van der Waals surface area contributed by atoms with Gasteiger partial charge in [0.2, 0.25) is 9.99 Å². The van der Waals surface area contributed by atoms with Gasteiger partial charge in [0.15, 0.2) is 9.84 Å². The van der Waals surface area contributed by atoms with Crippen LogP contribution in [0.3, 0.4) is 0 Å². The number of benzene rings is 1. The Morgan fingerprint density at radius 2 is 1.94 bits per heavy atom. The zero-order chi connectivity index (χ0) is 13.3. The van der Waals surface area contributed by atoms with E-state index in [1.807, 2.05) is 0 Å². The highest BCUT2D eigenvalue weighted by Crippen LogP contribution is 2.31. The number of halogens is 2. The molecule has 0 radical (unpaired) electrons. The maximum Gasteiger partial charge on any atom is 0.207 e. The zero-order valence-corrected chi connectivity index (χ0v) is 11.0. The van der Waals surface area contributed by atoms with Crippen molar-refractivity contribution >= 4 is 27.2 Å². The molecule has 0 aliphatic heterocycles. The molecule has 3 nitrogen and oxygen atoms in total. The van der Waals surface area contributed by atoms with Gasteiger partial charge in [-0.1, -0.05) is 30.7 Å². The number of hydrogen-bond donors (Lipinski definition) is 0. The van der Waals surface area contributed by atoms with Crippen LogP contribution in [-0.4, -0.2) is 24.7 Å². The van der Waals surface area contributed by atoms with Gasteiger partial charge in [-0.25, -0.2) is 12.8 Å². The summed E-state index contributed by atoms with van der Waals surface area (Å²) in [7, 11) is -3.83. The van der Waals surface area contributed by atoms with E-state index in [9.17, 15) is 17.6 Å². The number of alkyl halides is 1. The molecule has 17 heavy (non-hydrogen) atoms. The van der Waals surface area contributed by atoms with Crippen LogP contribution in [0.5, 0.6) is 0 Å². The molecule has 0 spiro atoms. The van der Waals surface area contributed by atoms with Crippen molar-refractivity contribution in [3.05, 3.63) is 35.6 Å². The summed E-state index contributed by atoms with van der Waals surface area (Å²) < 4.78 is 34.4. The molecule has 0 fully saturated rings. The Bertz CT molecular complexity index is 541. The van der Waals surface area contributed by atoms with Crippen LogP contribution in [0.25, 0.3) is 0 Å². The third-order valence-electron chi connectivity index (χ3n) is 2.50. The second-order valence-corrected chi connectivity index (χ2v) is 6.77. The normalized spacial score (nSPS) is 15.3. The summed E-state index contributed by atoms with van der Waals surface area (Å²) in [5.41, 5.74) is -0.310. The molecule has 1 atom stereocenters. The van der Waals surface area contributed by atoms with E-state index in [1.54, 1.807) is 0 Å². The quantitative estimate of drug-likeness (QED) is 0.628. The van der Waals surface area contributed by atoms with Gasteiger partial charge >= 0.3 is 0 Å². The van der Waals surface area contributed by atoms with Crippen LogP contribution < -0.4 is 0 Å². The molecule has 1 aromatic carbocycles. The SMILES string of the molecule is CCC(Cl)(C(=O)c1ccccc1F)S(C)(=O)=O. The molecular weight excluding hydrogens is 267 g/mol. The van der Waals surface area contributed by atoms with Crippen LogP contribution in [0.1, 0.15) is 23.7 Å². The van der Waals surface area contributed by atoms with Crippen LogP contribution in [0.2, 0.25) is 0 Å². The fraction of sp³-hybridized carbons (Fsp3) is 0.364. The number of Topliss-reactive ketones (excluding diaryl/α,β-unsaturated/α-hetero) is 1. The Labute approximate surface area is 105 Å². The smallest absolute Gasteiger partial charge is 0.207 e. The van der Waals surface area contributed by atoms with E-state index in [2.05, 4.69) is 0 Å². The molecule has 0 bridgehead atoms. The molecule has 1 aromatic rings. The monoisotopic (exact) mass is 278 g/mol. The van der Waals surface area contributed by atoms with Gasteiger partial charge in [-0.3, -0.25) is 4.79 Å². The summed E-state index contributed by atoms with van der Waals surface area (Å²) in [6.45, 7) is 1.47. The minimum Gasteiger partial charge on any atom is -0.291 e. The molecule has 0 saturated carbocycles. The molecule has 0 aliphatic carbocycles. The lowest BCUT2D eigenvalue weighted by Gasteiger charge is -2.22. The lowest BCUT2D eigenvalue weighted by atomic mass is 10.1. The van der Waals surface area contributed by atoms with E-state index in [-0.39, 0.29) is 12.0 Å². The first kappa shape index (κ1) is 14.1. The summed E-state index contributed by atoms with van der Waals surface area (Å²) in [6.07, 6.45) is 0.739. The van der Waals surface area contributed by atoms with Gasteiger partial charge in [-0.15, -0.1) is 0 Å². The van der Waals surface area contributed by atoms with Crippen molar-refractivity contribution in [3.63, 3.8) is 0 Å². The van der Waals surface area contributed by atoms with Gasteiger partial charge in [0, 0.05) is 6.26 Å². The first-order valence-corrected chi connectivity index (χ1v) is 7.19. The number of ketones is 1. The molecule has 0 saturated heterocycles. The molecule has 1 rings (SSSR count). The van der Waals surface area contributed by atoms with Crippen LogP contribution in [0, 0.1) is 5.82 Å². The van der Waals surface area contributed by atoms with E-state index >= 15 is 0 Å². The van der Waals surface area contributed by atoms with Crippen molar-refractivity contribution in [2.45, 2.75) is 17.6 Å². The number of carbonyl (C=O) groups excluding carboxylic acids is 1. The fourth-order valence-corrected chi connectivity index (χ4v) is 2.51. The largest absolute Gasteiger partial charge is 0.291 e. The van der Waals surface area contributed by atoms with Gasteiger partial charge in [0.25, 0.3) is 0 Å². The van der Waals surface area contributed by atoms with Gasteiger partial charge < -0.3 is 0 Å².